The molecule has 0 amide bonds. The van der Waals surface area contributed by atoms with Gasteiger partial charge in [-0.1, -0.05) is 6.07 Å². The predicted molar refractivity (Wildman–Crippen MR) is 57.2 cm³/mol. The minimum atomic E-state index is 0.268. The zero-order valence-corrected chi connectivity index (χ0v) is 8.01. The highest BCUT2D eigenvalue weighted by Crippen LogP contribution is 2.30. The van der Waals surface area contributed by atoms with Crippen LogP contribution >= 0.6 is 11.3 Å². The fourth-order valence-electron chi connectivity index (χ4n) is 1.43. The van der Waals surface area contributed by atoms with E-state index >= 15 is 0 Å². The van der Waals surface area contributed by atoms with Crippen molar-refractivity contribution in [1.82, 2.24) is 15.0 Å². The van der Waals surface area contributed by atoms with Crippen LogP contribution in [0.3, 0.4) is 0 Å². The van der Waals surface area contributed by atoms with Crippen LogP contribution in [0.5, 0.6) is 0 Å². The zero-order valence-electron chi connectivity index (χ0n) is 8.19. The first-order chi connectivity index (χ1) is 7.36. The Hall–Kier alpha value is -1.68. The Labute approximate surface area is 85.9 Å². The summed E-state index contributed by atoms with van der Waals surface area (Å²) in [7, 11) is 0. The van der Waals surface area contributed by atoms with Gasteiger partial charge in [0.25, 0.3) is 0 Å². The third-order valence-electron chi connectivity index (χ3n) is 2.07. The lowest BCUT2D eigenvalue weighted by atomic mass is 10.2. The second-order valence-electron chi connectivity index (χ2n) is 2.89. The molecule has 14 heavy (non-hydrogen) atoms. The first-order valence-corrected chi connectivity index (χ1v) is 5.07. The maximum Gasteiger partial charge on any atom is 0.141 e. The van der Waals surface area contributed by atoms with E-state index in [-0.39, 0.29) is 6.17 Å². The van der Waals surface area contributed by atoms with Gasteiger partial charge in [-0.15, -0.1) is 11.3 Å². The molecular formula is C10H7N3S. The maximum absolute atomic E-state index is 7.76. The van der Waals surface area contributed by atoms with Crippen LogP contribution in [0, 0.1) is 0 Å². The first kappa shape index (κ1) is 6.73. The van der Waals surface area contributed by atoms with E-state index in [1.165, 1.54) is 6.33 Å². The number of nitrogens with one attached hydrogen (secondary N) is 1. The molecule has 3 rings (SSSR count). The monoisotopic (exact) mass is 202 g/mol. The Kier molecular flexibility index (Phi) is 1.40. The number of rotatable bonds is 1. The summed E-state index contributed by atoms with van der Waals surface area (Å²) in [5.41, 5.74) is 1.73. The lowest BCUT2D eigenvalue weighted by Gasteiger charge is -1.91. The average Bonchev–Trinajstić information content (AvgIpc) is 2.85. The molecule has 68 valence electrons. The first-order valence-electron chi connectivity index (χ1n) is 4.69. The Morgan fingerprint density at radius 3 is 3.36 bits per heavy atom. The van der Waals surface area contributed by atoms with E-state index < -0.39 is 0 Å². The smallest absolute Gasteiger partial charge is 0.141 e. The van der Waals surface area contributed by atoms with Gasteiger partial charge >= 0.3 is 0 Å². The topological polar surface area (TPSA) is 41.6 Å². The lowest BCUT2D eigenvalue weighted by Crippen LogP contribution is -1.77. The van der Waals surface area contributed by atoms with Gasteiger partial charge in [0.1, 0.15) is 12.0 Å². The van der Waals surface area contributed by atoms with Gasteiger partial charge in [0.2, 0.25) is 0 Å². The minimum Gasteiger partial charge on any atom is -0.345 e. The van der Waals surface area contributed by atoms with E-state index in [0.29, 0.717) is 0 Å². The third-order valence-corrected chi connectivity index (χ3v) is 2.97. The molecule has 0 spiro atoms. The van der Waals surface area contributed by atoms with Crippen LogP contribution in [0.1, 0.15) is 1.37 Å². The molecule has 4 heteroatoms. The third kappa shape index (κ3) is 1.04. The molecule has 3 aromatic rings. The molecule has 0 aliphatic carbocycles. The van der Waals surface area contributed by atoms with Crippen molar-refractivity contribution in [2.45, 2.75) is 0 Å². The number of fused-ring (bicyclic) bond motifs is 1. The Morgan fingerprint density at radius 1 is 1.50 bits per heavy atom. The number of thiophene rings is 1. The van der Waals surface area contributed by atoms with Gasteiger partial charge in [0.15, 0.2) is 0 Å². The molecule has 0 saturated carbocycles. The van der Waals surface area contributed by atoms with Crippen molar-refractivity contribution in [3.8, 4) is 10.4 Å². The van der Waals surface area contributed by atoms with Crippen molar-refractivity contribution in [2.75, 3.05) is 0 Å². The fourth-order valence-corrected chi connectivity index (χ4v) is 2.18. The number of aromatic nitrogens is 3. The van der Waals surface area contributed by atoms with Crippen LogP contribution in [0.4, 0.5) is 0 Å². The largest absolute Gasteiger partial charge is 0.345 e. The molecular weight excluding hydrogens is 194 g/mol. The van der Waals surface area contributed by atoms with Gasteiger partial charge in [0.05, 0.1) is 1.37 Å². The van der Waals surface area contributed by atoms with E-state index in [0.717, 1.165) is 21.5 Å². The highest BCUT2D eigenvalue weighted by Gasteiger charge is 2.06. The van der Waals surface area contributed by atoms with Crippen LogP contribution in [0.15, 0.2) is 36.2 Å². The van der Waals surface area contributed by atoms with E-state index in [1.807, 2.05) is 23.7 Å². The van der Waals surface area contributed by atoms with Crippen molar-refractivity contribution in [1.29, 1.82) is 0 Å². The summed E-state index contributed by atoms with van der Waals surface area (Å²) in [6, 6.07) is 4.02. The normalized spacial score (nSPS) is 11.9. The van der Waals surface area contributed by atoms with Crippen molar-refractivity contribution in [3.63, 3.8) is 0 Å². The quantitative estimate of drug-likeness (QED) is 0.659. The SMILES string of the molecule is [2H]c1ncnc2[nH]cc(-c3cccs3)c12. The molecule has 0 atom stereocenters. The number of hydrogen-bond donors (Lipinski definition) is 1. The molecule has 0 aliphatic rings. The van der Waals surface area contributed by atoms with Crippen molar-refractivity contribution < 1.29 is 1.37 Å². The van der Waals surface area contributed by atoms with Crippen LogP contribution in [0.25, 0.3) is 21.5 Å². The van der Waals surface area contributed by atoms with Crippen molar-refractivity contribution >= 4 is 22.4 Å². The predicted octanol–water partition coefficient (Wildman–Crippen LogP) is 2.69. The zero-order chi connectivity index (χ0) is 10.3. The van der Waals surface area contributed by atoms with Gasteiger partial charge in [-0.3, -0.25) is 0 Å². The molecule has 0 aliphatic heterocycles. The summed E-state index contributed by atoms with van der Waals surface area (Å²) < 4.78 is 7.76. The molecule has 0 unspecified atom stereocenters. The van der Waals surface area contributed by atoms with Crippen LogP contribution in [0.2, 0.25) is 0 Å². The highest BCUT2D eigenvalue weighted by molar-refractivity contribution is 7.13. The number of aromatic amines is 1. The summed E-state index contributed by atoms with van der Waals surface area (Å²) in [5.74, 6) is 0. The molecule has 0 aromatic carbocycles. The van der Waals surface area contributed by atoms with Gasteiger partial charge in [0, 0.05) is 28.2 Å². The van der Waals surface area contributed by atoms with E-state index in [1.54, 1.807) is 11.3 Å². The van der Waals surface area contributed by atoms with Gasteiger partial charge in [-0.2, -0.15) is 0 Å². The van der Waals surface area contributed by atoms with Crippen LogP contribution in [-0.4, -0.2) is 15.0 Å². The van der Waals surface area contributed by atoms with Gasteiger partial charge in [-0.25, -0.2) is 9.97 Å². The highest BCUT2D eigenvalue weighted by atomic mass is 32.1. The number of hydrogen-bond acceptors (Lipinski definition) is 3. The van der Waals surface area contributed by atoms with Crippen molar-refractivity contribution in [3.05, 3.63) is 36.2 Å². The second-order valence-corrected chi connectivity index (χ2v) is 3.84. The van der Waals surface area contributed by atoms with E-state index in [4.69, 9.17) is 1.37 Å². The second kappa shape index (κ2) is 2.92. The van der Waals surface area contributed by atoms with E-state index in [9.17, 15) is 0 Å². The van der Waals surface area contributed by atoms with Crippen molar-refractivity contribution in [2.24, 2.45) is 0 Å². The molecule has 3 aromatic heterocycles. The number of H-pyrrole nitrogens is 1. The molecule has 3 heterocycles. The fraction of sp³-hybridized carbons (Fsp3) is 0. The maximum atomic E-state index is 7.76. The molecule has 1 N–H and O–H groups in total. The van der Waals surface area contributed by atoms with Gasteiger partial charge < -0.3 is 4.98 Å². The summed E-state index contributed by atoms with van der Waals surface area (Å²) in [6.45, 7) is 0. The molecule has 0 bridgehead atoms. The minimum absolute atomic E-state index is 0.268. The Bertz CT molecular complexity index is 600. The molecule has 0 saturated heterocycles. The summed E-state index contributed by atoms with van der Waals surface area (Å²) in [6.07, 6.45) is 3.55. The summed E-state index contributed by atoms with van der Waals surface area (Å²) >= 11 is 1.65. The Morgan fingerprint density at radius 2 is 2.50 bits per heavy atom. The molecule has 3 nitrogen and oxygen atoms in total. The standard InChI is InChI=1S/C10H7N3S/c1-2-9(14-3-1)7-5-12-10-8(7)4-11-6-13-10/h1-6H,(H,11,12,13)/i4D. The molecule has 0 radical (unpaired) electrons. The summed E-state index contributed by atoms with van der Waals surface area (Å²) in [5, 5.41) is 2.81. The Balaban J connectivity index is 2.37. The van der Waals surface area contributed by atoms with Crippen LogP contribution in [-0.2, 0) is 0 Å². The summed E-state index contributed by atoms with van der Waals surface area (Å²) in [4.78, 5) is 12.2. The lowest BCUT2D eigenvalue weighted by molar-refractivity contribution is 1.20. The molecule has 0 fully saturated rings. The average molecular weight is 202 g/mol. The van der Waals surface area contributed by atoms with Crippen LogP contribution < -0.4 is 0 Å². The van der Waals surface area contributed by atoms with Gasteiger partial charge in [-0.05, 0) is 11.4 Å². The number of nitrogens with zero attached hydrogens (tertiary/aromatic N) is 2. The van der Waals surface area contributed by atoms with E-state index in [2.05, 4.69) is 15.0 Å².